The number of rotatable bonds is 5. The molecule has 0 saturated carbocycles. The highest BCUT2D eigenvalue weighted by molar-refractivity contribution is 9.09. The first-order valence-corrected chi connectivity index (χ1v) is 7.79. The first kappa shape index (κ1) is 14.1. The topological polar surface area (TPSA) is 9.23 Å². The van der Waals surface area contributed by atoms with Crippen molar-refractivity contribution in [2.45, 2.75) is 11.2 Å². The van der Waals surface area contributed by atoms with Gasteiger partial charge in [-0.2, -0.15) is 0 Å². The zero-order chi connectivity index (χ0) is 13.0. The summed E-state index contributed by atoms with van der Waals surface area (Å²) in [5.74, 6) is 0. The van der Waals surface area contributed by atoms with Crippen LogP contribution in [0.5, 0.6) is 0 Å². The molecule has 0 aliphatic rings. The van der Waals surface area contributed by atoms with Gasteiger partial charge in [-0.05, 0) is 29.7 Å². The molecule has 0 fully saturated rings. The highest BCUT2D eigenvalue weighted by Crippen LogP contribution is 2.36. The van der Waals surface area contributed by atoms with E-state index in [-0.39, 0.29) is 4.83 Å². The van der Waals surface area contributed by atoms with Crippen LogP contribution in [0.25, 0.3) is 0 Å². The van der Waals surface area contributed by atoms with Gasteiger partial charge in [-0.3, -0.25) is 0 Å². The normalized spacial score (nSPS) is 12.6. The van der Waals surface area contributed by atoms with Crippen LogP contribution >= 0.6 is 38.9 Å². The van der Waals surface area contributed by atoms with Crippen molar-refractivity contribution in [3.8, 4) is 0 Å². The molecule has 0 bridgehead atoms. The lowest BCUT2D eigenvalue weighted by Gasteiger charge is -2.09. The van der Waals surface area contributed by atoms with Crippen LogP contribution in [-0.2, 0) is 11.2 Å². The molecule has 96 valence electrons. The van der Waals surface area contributed by atoms with E-state index in [1.165, 1.54) is 16.0 Å². The van der Waals surface area contributed by atoms with Crippen LogP contribution in [0.4, 0.5) is 0 Å². The molecule has 0 spiro atoms. The maximum atomic E-state index is 5.96. The molecule has 1 unspecified atom stereocenters. The Balaban J connectivity index is 2.09. The molecule has 0 amide bonds. The summed E-state index contributed by atoms with van der Waals surface area (Å²) in [4.78, 5) is 1.44. The van der Waals surface area contributed by atoms with Crippen LogP contribution in [0.15, 0.2) is 36.4 Å². The van der Waals surface area contributed by atoms with Crippen molar-refractivity contribution in [2.75, 3.05) is 13.7 Å². The number of benzene rings is 1. The molecule has 0 N–H and O–H groups in total. The van der Waals surface area contributed by atoms with Crippen molar-refractivity contribution in [1.29, 1.82) is 0 Å². The van der Waals surface area contributed by atoms with Crippen molar-refractivity contribution in [2.24, 2.45) is 0 Å². The Hall–Kier alpha value is -0.350. The van der Waals surface area contributed by atoms with Gasteiger partial charge < -0.3 is 4.74 Å². The van der Waals surface area contributed by atoms with E-state index in [0.29, 0.717) is 0 Å². The summed E-state index contributed by atoms with van der Waals surface area (Å²) >= 11 is 11.3. The molecule has 1 atom stereocenters. The smallest absolute Gasteiger partial charge is 0.0931 e. The lowest BCUT2D eigenvalue weighted by atomic mass is 10.1. The van der Waals surface area contributed by atoms with Gasteiger partial charge in [0.2, 0.25) is 0 Å². The third-order valence-electron chi connectivity index (χ3n) is 2.71. The minimum Gasteiger partial charge on any atom is -0.384 e. The molecule has 18 heavy (non-hydrogen) atoms. The van der Waals surface area contributed by atoms with Gasteiger partial charge in [-0.25, -0.2) is 0 Å². The third-order valence-corrected chi connectivity index (χ3v) is 5.33. The lowest BCUT2D eigenvalue weighted by molar-refractivity contribution is 0.202. The second-order valence-electron chi connectivity index (χ2n) is 3.99. The minimum atomic E-state index is 0.214. The molecule has 0 aliphatic carbocycles. The monoisotopic (exact) mass is 344 g/mol. The number of alkyl halides is 1. The van der Waals surface area contributed by atoms with E-state index < -0.39 is 0 Å². The van der Waals surface area contributed by atoms with Crippen LogP contribution in [0, 0.1) is 0 Å². The highest BCUT2D eigenvalue weighted by atomic mass is 79.9. The molecule has 2 rings (SSSR count). The van der Waals surface area contributed by atoms with Gasteiger partial charge in [-0.1, -0.05) is 51.8 Å². The standard InChI is InChI=1S/C14H14BrClOS/c1-17-9-8-10-2-4-11(5-3-10)14(15)12-6-7-13(16)18-12/h2-7,14H,8-9H2,1H3. The second-order valence-corrected chi connectivity index (χ2v) is 6.65. The first-order chi connectivity index (χ1) is 8.70. The van der Waals surface area contributed by atoms with E-state index in [1.807, 2.05) is 6.07 Å². The Morgan fingerprint density at radius 2 is 1.94 bits per heavy atom. The van der Waals surface area contributed by atoms with Crippen molar-refractivity contribution in [3.63, 3.8) is 0 Å². The molecule has 0 saturated heterocycles. The maximum absolute atomic E-state index is 5.96. The van der Waals surface area contributed by atoms with Crippen LogP contribution in [-0.4, -0.2) is 13.7 Å². The molecule has 4 heteroatoms. The van der Waals surface area contributed by atoms with Crippen molar-refractivity contribution < 1.29 is 4.74 Å². The quantitative estimate of drug-likeness (QED) is 0.687. The number of ether oxygens (including phenoxy) is 1. The van der Waals surface area contributed by atoms with E-state index in [0.717, 1.165) is 17.4 Å². The molecule has 1 heterocycles. The van der Waals surface area contributed by atoms with E-state index in [4.69, 9.17) is 16.3 Å². The third kappa shape index (κ3) is 3.58. The molecule has 0 radical (unpaired) electrons. The predicted octanol–water partition coefficient (Wildman–Crippen LogP) is 5.07. The van der Waals surface area contributed by atoms with Gasteiger partial charge in [0.15, 0.2) is 0 Å². The molecular weight excluding hydrogens is 332 g/mol. The summed E-state index contributed by atoms with van der Waals surface area (Å²) in [6.07, 6.45) is 0.953. The van der Waals surface area contributed by atoms with Crippen molar-refractivity contribution in [3.05, 3.63) is 56.7 Å². The van der Waals surface area contributed by atoms with Crippen molar-refractivity contribution in [1.82, 2.24) is 0 Å². The summed E-state index contributed by atoms with van der Waals surface area (Å²) in [6.45, 7) is 0.762. The van der Waals surface area contributed by atoms with E-state index in [9.17, 15) is 0 Å². The Morgan fingerprint density at radius 3 is 2.50 bits per heavy atom. The highest BCUT2D eigenvalue weighted by Gasteiger charge is 2.12. The fourth-order valence-electron chi connectivity index (χ4n) is 1.70. The lowest BCUT2D eigenvalue weighted by Crippen LogP contribution is -1.95. The maximum Gasteiger partial charge on any atom is 0.0931 e. The van der Waals surface area contributed by atoms with Gasteiger partial charge in [0.25, 0.3) is 0 Å². The van der Waals surface area contributed by atoms with Gasteiger partial charge in [0, 0.05) is 12.0 Å². The van der Waals surface area contributed by atoms with Crippen LogP contribution in [0.3, 0.4) is 0 Å². The summed E-state index contributed by atoms with van der Waals surface area (Å²) in [5, 5.41) is 0. The average Bonchev–Trinajstić information content (AvgIpc) is 2.83. The Bertz CT molecular complexity index is 495. The molecule has 0 aliphatic heterocycles. The minimum absolute atomic E-state index is 0.214. The summed E-state index contributed by atoms with van der Waals surface area (Å²) in [5.41, 5.74) is 2.54. The average molecular weight is 346 g/mol. The van der Waals surface area contributed by atoms with Gasteiger partial charge in [-0.15, -0.1) is 11.3 Å². The summed E-state index contributed by atoms with van der Waals surface area (Å²) in [7, 11) is 1.73. The van der Waals surface area contributed by atoms with E-state index in [2.05, 4.69) is 46.3 Å². The summed E-state index contributed by atoms with van der Waals surface area (Å²) < 4.78 is 5.90. The molecule has 1 aromatic heterocycles. The zero-order valence-electron chi connectivity index (χ0n) is 10.0. The molecule has 1 aromatic carbocycles. The van der Waals surface area contributed by atoms with Crippen LogP contribution < -0.4 is 0 Å². The number of halogens is 2. The fraction of sp³-hybridized carbons (Fsp3) is 0.286. The number of methoxy groups -OCH3 is 1. The molecule has 1 nitrogen and oxygen atoms in total. The largest absolute Gasteiger partial charge is 0.384 e. The number of hydrogen-bond donors (Lipinski definition) is 0. The van der Waals surface area contributed by atoms with Crippen molar-refractivity contribution >= 4 is 38.9 Å². The van der Waals surface area contributed by atoms with E-state index >= 15 is 0 Å². The predicted molar refractivity (Wildman–Crippen MR) is 82.1 cm³/mol. The Labute approximate surface area is 125 Å². The zero-order valence-corrected chi connectivity index (χ0v) is 13.2. The second kappa shape index (κ2) is 6.71. The number of thiophene rings is 1. The summed E-state index contributed by atoms with van der Waals surface area (Å²) in [6, 6.07) is 12.6. The van der Waals surface area contributed by atoms with Gasteiger partial charge >= 0.3 is 0 Å². The van der Waals surface area contributed by atoms with Gasteiger partial charge in [0.05, 0.1) is 15.8 Å². The molecular formula is C14H14BrClOS. The Morgan fingerprint density at radius 1 is 1.22 bits per heavy atom. The van der Waals surface area contributed by atoms with Crippen LogP contribution in [0.2, 0.25) is 4.34 Å². The number of hydrogen-bond acceptors (Lipinski definition) is 2. The van der Waals surface area contributed by atoms with Gasteiger partial charge in [0.1, 0.15) is 0 Å². The fourth-order valence-corrected chi connectivity index (χ4v) is 3.51. The first-order valence-electron chi connectivity index (χ1n) is 5.68. The van der Waals surface area contributed by atoms with Crippen LogP contribution in [0.1, 0.15) is 20.8 Å². The molecule has 2 aromatic rings. The SMILES string of the molecule is COCCc1ccc(C(Br)c2ccc(Cl)s2)cc1. The van der Waals surface area contributed by atoms with E-state index in [1.54, 1.807) is 18.4 Å². The Kier molecular flexibility index (Phi) is 5.25.